The fourth-order valence-electron chi connectivity index (χ4n) is 2.26. The standard InChI is InChI=1S/C16H12O2S/c17-16-13(10-11-6-2-1-3-7-11)15(19)12-8-4-5-9-14(12)18-16/h1-9,13H,10H2. The van der Waals surface area contributed by atoms with Gasteiger partial charge < -0.3 is 4.74 Å². The van der Waals surface area contributed by atoms with Crippen molar-refractivity contribution < 1.29 is 9.53 Å². The summed E-state index contributed by atoms with van der Waals surface area (Å²) in [5.41, 5.74) is 1.95. The lowest BCUT2D eigenvalue weighted by molar-refractivity contribution is -0.137. The molecule has 0 saturated heterocycles. The summed E-state index contributed by atoms with van der Waals surface area (Å²) >= 11 is 5.46. The Morgan fingerprint density at radius 3 is 2.47 bits per heavy atom. The number of carbonyl (C=O) groups is 1. The number of hydrogen-bond acceptors (Lipinski definition) is 3. The van der Waals surface area contributed by atoms with Crippen molar-refractivity contribution in [3.8, 4) is 5.75 Å². The van der Waals surface area contributed by atoms with Crippen molar-refractivity contribution >= 4 is 23.1 Å². The van der Waals surface area contributed by atoms with Crippen LogP contribution in [0.2, 0.25) is 0 Å². The number of esters is 1. The van der Waals surface area contributed by atoms with Crippen LogP contribution in [0.3, 0.4) is 0 Å². The van der Waals surface area contributed by atoms with Gasteiger partial charge in [-0.1, -0.05) is 60.7 Å². The van der Waals surface area contributed by atoms with Crippen LogP contribution in [0.5, 0.6) is 5.75 Å². The molecular weight excluding hydrogens is 256 g/mol. The van der Waals surface area contributed by atoms with Crippen LogP contribution >= 0.6 is 12.2 Å². The van der Waals surface area contributed by atoms with Crippen LogP contribution in [0, 0.1) is 5.92 Å². The van der Waals surface area contributed by atoms with Crippen LogP contribution in [-0.2, 0) is 11.2 Å². The van der Waals surface area contributed by atoms with Crippen LogP contribution in [0.15, 0.2) is 54.6 Å². The Balaban J connectivity index is 1.92. The van der Waals surface area contributed by atoms with Gasteiger partial charge in [-0.25, -0.2) is 0 Å². The van der Waals surface area contributed by atoms with Crippen molar-refractivity contribution in [3.05, 3.63) is 65.7 Å². The Labute approximate surface area is 117 Å². The quantitative estimate of drug-likeness (QED) is 0.475. The molecule has 0 bridgehead atoms. The first-order chi connectivity index (χ1) is 9.25. The van der Waals surface area contributed by atoms with Crippen molar-refractivity contribution in [2.24, 2.45) is 5.92 Å². The SMILES string of the molecule is O=C1Oc2ccccc2C(=S)C1Cc1ccccc1. The molecule has 2 aromatic carbocycles. The van der Waals surface area contributed by atoms with Crippen molar-refractivity contribution in [1.82, 2.24) is 0 Å². The number of ether oxygens (including phenoxy) is 1. The highest BCUT2D eigenvalue weighted by Gasteiger charge is 2.32. The number of benzene rings is 2. The predicted molar refractivity (Wildman–Crippen MR) is 77.4 cm³/mol. The van der Waals surface area contributed by atoms with Gasteiger partial charge in [-0.2, -0.15) is 0 Å². The van der Waals surface area contributed by atoms with E-state index in [0.29, 0.717) is 17.0 Å². The highest BCUT2D eigenvalue weighted by atomic mass is 32.1. The van der Waals surface area contributed by atoms with E-state index >= 15 is 0 Å². The highest BCUT2D eigenvalue weighted by molar-refractivity contribution is 7.81. The minimum absolute atomic E-state index is 0.257. The van der Waals surface area contributed by atoms with Gasteiger partial charge in [0.05, 0.1) is 5.92 Å². The van der Waals surface area contributed by atoms with Gasteiger partial charge in [0.2, 0.25) is 0 Å². The second kappa shape index (κ2) is 4.94. The average molecular weight is 268 g/mol. The topological polar surface area (TPSA) is 26.3 Å². The largest absolute Gasteiger partial charge is 0.425 e. The molecule has 0 N–H and O–H groups in total. The van der Waals surface area contributed by atoms with Gasteiger partial charge >= 0.3 is 5.97 Å². The molecule has 3 rings (SSSR count). The smallest absolute Gasteiger partial charge is 0.320 e. The van der Waals surface area contributed by atoms with Crippen molar-refractivity contribution in [2.45, 2.75) is 6.42 Å². The molecule has 1 unspecified atom stereocenters. The zero-order valence-corrected chi connectivity index (χ0v) is 11.0. The van der Waals surface area contributed by atoms with Crippen LogP contribution in [0.1, 0.15) is 11.1 Å². The normalized spacial score (nSPS) is 17.8. The molecule has 3 heteroatoms. The molecule has 0 spiro atoms. The van der Waals surface area contributed by atoms with E-state index in [1.807, 2.05) is 48.5 Å². The van der Waals surface area contributed by atoms with E-state index in [1.165, 1.54) is 0 Å². The summed E-state index contributed by atoms with van der Waals surface area (Å²) in [6.07, 6.45) is 0.590. The van der Waals surface area contributed by atoms with Gasteiger partial charge in [0.15, 0.2) is 0 Å². The lowest BCUT2D eigenvalue weighted by Gasteiger charge is -2.24. The van der Waals surface area contributed by atoms with E-state index in [2.05, 4.69) is 0 Å². The second-order valence-corrected chi connectivity index (χ2v) is 4.96. The number of thiocarbonyl (C=S) groups is 1. The first-order valence-electron chi connectivity index (χ1n) is 6.14. The number of carbonyl (C=O) groups excluding carboxylic acids is 1. The van der Waals surface area contributed by atoms with Gasteiger partial charge in [-0.05, 0) is 18.1 Å². The summed E-state index contributed by atoms with van der Waals surface area (Å²) in [7, 11) is 0. The lowest BCUT2D eigenvalue weighted by atomic mass is 9.90. The van der Waals surface area contributed by atoms with E-state index in [0.717, 1.165) is 11.1 Å². The monoisotopic (exact) mass is 268 g/mol. The molecule has 2 aromatic rings. The molecule has 94 valence electrons. The summed E-state index contributed by atoms with van der Waals surface area (Å²) in [6.45, 7) is 0. The summed E-state index contributed by atoms with van der Waals surface area (Å²) in [6, 6.07) is 17.3. The van der Waals surface area contributed by atoms with E-state index in [1.54, 1.807) is 6.07 Å². The zero-order chi connectivity index (χ0) is 13.2. The molecule has 0 fully saturated rings. The maximum atomic E-state index is 12.1. The molecule has 0 aliphatic carbocycles. The third kappa shape index (κ3) is 2.29. The van der Waals surface area contributed by atoms with E-state index in [-0.39, 0.29) is 11.9 Å². The summed E-state index contributed by atoms with van der Waals surface area (Å²) in [5.74, 6) is -0.0540. The van der Waals surface area contributed by atoms with Gasteiger partial charge in [-0.3, -0.25) is 4.79 Å². The molecular formula is C16H12O2S. The first-order valence-corrected chi connectivity index (χ1v) is 6.55. The molecule has 0 amide bonds. The van der Waals surface area contributed by atoms with Gasteiger partial charge in [0.25, 0.3) is 0 Å². The third-order valence-electron chi connectivity index (χ3n) is 3.25. The summed E-state index contributed by atoms with van der Waals surface area (Å²) in [5, 5.41) is 0. The summed E-state index contributed by atoms with van der Waals surface area (Å²) in [4.78, 5) is 12.7. The van der Waals surface area contributed by atoms with Crippen molar-refractivity contribution in [3.63, 3.8) is 0 Å². The zero-order valence-electron chi connectivity index (χ0n) is 10.2. The molecule has 1 aliphatic rings. The summed E-state index contributed by atoms with van der Waals surface area (Å²) < 4.78 is 5.36. The molecule has 0 aromatic heterocycles. The number of fused-ring (bicyclic) bond motifs is 1. The fraction of sp³-hybridized carbons (Fsp3) is 0.125. The van der Waals surface area contributed by atoms with E-state index in [9.17, 15) is 4.79 Å². The Morgan fingerprint density at radius 1 is 1.00 bits per heavy atom. The molecule has 1 heterocycles. The third-order valence-corrected chi connectivity index (χ3v) is 3.75. The Bertz CT molecular complexity index is 634. The number of hydrogen-bond donors (Lipinski definition) is 0. The fourth-order valence-corrected chi connectivity index (χ4v) is 2.61. The highest BCUT2D eigenvalue weighted by Crippen LogP contribution is 2.30. The molecule has 0 saturated carbocycles. The number of rotatable bonds is 2. The lowest BCUT2D eigenvalue weighted by Crippen LogP contribution is -2.34. The van der Waals surface area contributed by atoms with E-state index < -0.39 is 0 Å². The van der Waals surface area contributed by atoms with Gasteiger partial charge in [0, 0.05) is 10.4 Å². The molecule has 19 heavy (non-hydrogen) atoms. The molecule has 1 aliphatic heterocycles. The minimum atomic E-state index is -0.368. The molecule has 1 atom stereocenters. The maximum Gasteiger partial charge on any atom is 0.320 e. The van der Waals surface area contributed by atoms with Crippen molar-refractivity contribution in [2.75, 3.05) is 0 Å². The van der Waals surface area contributed by atoms with Crippen LogP contribution in [-0.4, -0.2) is 10.8 Å². The average Bonchev–Trinajstić information content (AvgIpc) is 2.45. The Hall–Kier alpha value is -2.00. The van der Waals surface area contributed by atoms with Gasteiger partial charge in [0.1, 0.15) is 5.75 Å². The first kappa shape index (κ1) is 12.1. The van der Waals surface area contributed by atoms with Crippen LogP contribution < -0.4 is 4.74 Å². The minimum Gasteiger partial charge on any atom is -0.425 e. The van der Waals surface area contributed by atoms with Crippen LogP contribution in [0.4, 0.5) is 0 Å². The van der Waals surface area contributed by atoms with Crippen molar-refractivity contribution in [1.29, 1.82) is 0 Å². The Kier molecular flexibility index (Phi) is 3.13. The Morgan fingerprint density at radius 2 is 1.68 bits per heavy atom. The van der Waals surface area contributed by atoms with Crippen LogP contribution in [0.25, 0.3) is 0 Å². The van der Waals surface area contributed by atoms with Gasteiger partial charge in [-0.15, -0.1) is 0 Å². The second-order valence-electron chi connectivity index (χ2n) is 4.52. The molecule has 0 radical (unpaired) electrons. The van der Waals surface area contributed by atoms with E-state index in [4.69, 9.17) is 17.0 Å². The maximum absolute atomic E-state index is 12.1. The predicted octanol–water partition coefficient (Wildman–Crippen LogP) is 3.18. The molecule has 2 nitrogen and oxygen atoms in total. The number of para-hydroxylation sites is 1.